The van der Waals surface area contributed by atoms with Crippen LogP contribution in [0.25, 0.3) is 0 Å². The van der Waals surface area contributed by atoms with Crippen molar-refractivity contribution >= 4 is 11.6 Å². The molecule has 1 aliphatic rings. The van der Waals surface area contributed by atoms with Crippen molar-refractivity contribution in [1.82, 2.24) is 5.01 Å². The summed E-state index contributed by atoms with van der Waals surface area (Å²) >= 11 is 0. The molecule has 0 unspecified atom stereocenters. The quantitative estimate of drug-likeness (QED) is 0.515. The number of carbonyl (C=O) groups excluding carboxylic acids is 1. The molecule has 0 atom stereocenters. The molecule has 0 bridgehead atoms. The van der Waals surface area contributed by atoms with Gasteiger partial charge in [0.1, 0.15) is 0 Å². The number of hydrogen-bond acceptors (Lipinski definition) is 3. The van der Waals surface area contributed by atoms with Crippen molar-refractivity contribution in [2.45, 2.75) is 12.8 Å². The van der Waals surface area contributed by atoms with E-state index in [-0.39, 0.29) is 12.3 Å². The zero-order valence-corrected chi connectivity index (χ0v) is 5.66. The predicted molar refractivity (Wildman–Crippen MR) is 35.1 cm³/mol. The minimum atomic E-state index is -0.0368. The second kappa shape index (κ2) is 2.48. The van der Waals surface area contributed by atoms with E-state index in [1.165, 1.54) is 5.01 Å². The van der Waals surface area contributed by atoms with E-state index in [2.05, 4.69) is 5.10 Å². The summed E-state index contributed by atoms with van der Waals surface area (Å²) in [7, 11) is 1.59. The monoisotopic (exact) mass is 137 g/mol. The molecule has 1 amide bonds. The van der Waals surface area contributed by atoms with E-state index in [0.29, 0.717) is 12.1 Å². The number of nitrogens with zero attached hydrogens (tertiary/aromatic N) is 3. The van der Waals surface area contributed by atoms with Crippen LogP contribution >= 0.6 is 0 Å². The summed E-state index contributed by atoms with van der Waals surface area (Å²) in [6.45, 7) is 0. The summed E-state index contributed by atoms with van der Waals surface area (Å²) in [5, 5.41) is 13.3. The van der Waals surface area contributed by atoms with Crippen molar-refractivity contribution < 1.29 is 4.79 Å². The van der Waals surface area contributed by atoms with Crippen molar-refractivity contribution in [2.75, 3.05) is 7.05 Å². The van der Waals surface area contributed by atoms with Crippen molar-refractivity contribution in [3.63, 3.8) is 0 Å². The first-order chi connectivity index (χ1) is 4.74. The highest BCUT2D eigenvalue weighted by Gasteiger charge is 2.19. The Morgan fingerprint density at radius 1 is 1.90 bits per heavy atom. The Hall–Kier alpha value is -1.37. The zero-order chi connectivity index (χ0) is 7.56. The lowest BCUT2D eigenvalue weighted by Crippen LogP contribution is -2.13. The first-order valence-corrected chi connectivity index (χ1v) is 2.94. The highest BCUT2D eigenvalue weighted by atomic mass is 16.2. The van der Waals surface area contributed by atoms with Gasteiger partial charge in [0.05, 0.1) is 24.6 Å². The summed E-state index contributed by atoms with van der Waals surface area (Å²) in [4.78, 5) is 10.8. The third-order valence-electron chi connectivity index (χ3n) is 1.29. The van der Waals surface area contributed by atoms with E-state index >= 15 is 0 Å². The molecule has 0 N–H and O–H groups in total. The fraction of sp³-hybridized carbons (Fsp3) is 0.500. The van der Waals surface area contributed by atoms with Gasteiger partial charge in [0.2, 0.25) is 5.91 Å². The van der Waals surface area contributed by atoms with Crippen LogP contribution in [0.3, 0.4) is 0 Å². The third kappa shape index (κ3) is 1.13. The number of nitriles is 1. The SMILES string of the molecule is CN1N=C(CC#N)CC1=O. The molecule has 0 aromatic heterocycles. The molecule has 0 spiro atoms. The molecule has 1 rings (SSSR count). The molecule has 0 aromatic rings. The first kappa shape index (κ1) is 6.75. The Morgan fingerprint density at radius 2 is 2.60 bits per heavy atom. The van der Waals surface area contributed by atoms with Gasteiger partial charge in [-0.15, -0.1) is 0 Å². The summed E-state index contributed by atoms with van der Waals surface area (Å²) < 4.78 is 0. The van der Waals surface area contributed by atoms with Crippen LogP contribution in [0.2, 0.25) is 0 Å². The van der Waals surface area contributed by atoms with Gasteiger partial charge in [-0.1, -0.05) is 0 Å². The molecule has 0 saturated heterocycles. The maximum absolute atomic E-state index is 10.8. The van der Waals surface area contributed by atoms with E-state index in [1.54, 1.807) is 7.05 Å². The molecule has 52 valence electrons. The molecule has 0 saturated carbocycles. The van der Waals surface area contributed by atoms with Crippen molar-refractivity contribution in [3.8, 4) is 6.07 Å². The van der Waals surface area contributed by atoms with Gasteiger partial charge >= 0.3 is 0 Å². The van der Waals surface area contributed by atoms with Crippen molar-refractivity contribution in [1.29, 1.82) is 5.26 Å². The molecule has 1 aliphatic heterocycles. The highest BCUT2D eigenvalue weighted by molar-refractivity contribution is 6.05. The molecule has 0 aromatic carbocycles. The summed E-state index contributed by atoms with van der Waals surface area (Å²) in [6, 6.07) is 1.94. The Kier molecular flexibility index (Phi) is 1.67. The summed E-state index contributed by atoms with van der Waals surface area (Å²) in [5.74, 6) is -0.0368. The molecule has 0 aliphatic carbocycles. The van der Waals surface area contributed by atoms with Gasteiger partial charge in [0, 0.05) is 7.05 Å². The smallest absolute Gasteiger partial charge is 0.248 e. The van der Waals surface area contributed by atoms with E-state index < -0.39 is 0 Å². The lowest BCUT2D eigenvalue weighted by molar-refractivity contribution is -0.127. The molecule has 4 heteroatoms. The van der Waals surface area contributed by atoms with Crippen molar-refractivity contribution in [3.05, 3.63) is 0 Å². The van der Waals surface area contributed by atoms with Gasteiger partial charge < -0.3 is 0 Å². The molecular formula is C6H7N3O. The predicted octanol–water partition coefficient (Wildman–Crippen LogP) is 0.118. The van der Waals surface area contributed by atoms with E-state index in [9.17, 15) is 4.79 Å². The van der Waals surface area contributed by atoms with Crippen LogP contribution in [-0.2, 0) is 4.79 Å². The second-order valence-corrected chi connectivity index (χ2v) is 2.10. The van der Waals surface area contributed by atoms with E-state index in [1.807, 2.05) is 6.07 Å². The minimum Gasteiger partial charge on any atom is -0.273 e. The van der Waals surface area contributed by atoms with Gasteiger partial charge in [0.15, 0.2) is 0 Å². The number of amides is 1. The average Bonchev–Trinajstić information content (AvgIpc) is 2.14. The van der Waals surface area contributed by atoms with E-state index in [4.69, 9.17) is 5.26 Å². The Labute approximate surface area is 58.7 Å². The largest absolute Gasteiger partial charge is 0.273 e. The maximum Gasteiger partial charge on any atom is 0.248 e. The molecule has 10 heavy (non-hydrogen) atoms. The molecule has 1 heterocycles. The van der Waals surface area contributed by atoms with Gasteiger partial charge in [-0.3, -0.25) is 4.79 Å². The topological polar surface area (TPSA) is 56.5 Å². The Morgan fingerprint density at radius 3 is 3.00 bits per heavy atom. The standard InChI is InChI=1S/C6H7N3O/c1-9-6(10)4-5(8-9)2-3-7/h2,4H2,1H3. The van der Waals surface area contributed by atoms with Crippen LogP contribution < -0.4 is 0 Å². The fourth-order valence-corrected chi connectivity index (χ4v) is 0.781. The minimum absolute atomic E-state index is 0.0368. The van der Waals surface area contributed by atoms with Crippen LogP contribution in [-0.4, -0.2) is 23.7 Å². The van der Waals surface area contributed by atoms with Gasteiger partial charge in [-0.2, -0.15) is 10.4 Å². The molecular weight excluding hydrogens is 130 g/mol. The van der Waals surface area contributed by atoms with Gasteiger partial charge in [-0.05, 0) is 0 Å². The maximum atomic E-state index is 10.8. The normalized spacial score (nSPS) is 17.0. The number of hydrogen-bond donors (Lipinski definition) is 0. The van der Waals surface area contributed by atoms with Crippen LogP contribution in [0.15, 0.2) is 5.10 Å². The average molecular weight is 137 g/mol. The lowest BCUT2D eigenvalue weighted by Gasteiger charge is -1.98. The highest BCUT2D eigenvalue weighted by Crippen LogP contribution is 2.06. The van der Waals surface area contributed by atoms with Crippen molar-refractivity contribution in [2.24, 2.45) is 5.10 Å². The number of hydrazone groups is 1. The van der Waals surface area contributed by atoms with Gasteiger partial charge in [0.25, 0.3) is 0 Å². The lowest BCUT2D eigenvalue weighted by atomic mass is 10.2. The van der Waals surface area contributed by atoms with Crippen LogP contribution in [0.1, 0.15) is 12.8 Å². The summed E-state index contributed by atoms with van der Waals surface area (Å²) in [5.41, 5.74) is 0.662. The van der Waals surface area contributed by atoms with Gasteiger partial charge in [-0.25, -0.2) is 5.01 Å². The summed E-state index contributed by atoms with van der Waals surface area (Å²) in [6.07, 6.45) is 0.570. The third-order valence-corrected chi connectivity index (χ3v) is 1.29. The first-order valence-electron chi connectivity index (χ1n) is 2.94. The van der Waals surface area contributed by atoms with Crippen LogP contribution in [0.5, 0.6) is 0 Å². The number of rotatable bonds is 1. The van der Waals surface area contributed by atoms with E-state index in [0.717, 1.165) is 0 Å². The molecule has 0 fully saturated rings. The van der Waals surface area contributed by atoms with Crippen LogP contribution in [0.4, 0.5) is 0 Å². The molecule has 0 radical (unpaired) electrons. The number of carbonyl (C=O) groups is 1. The van der Waals surface area contributed by atoms with Crippen LogP contribution in [0, 0.1) is 11.3 Å². The molecule has 4 nitrogen and oxygen atoms in total. The second-order valence-electron chi connectivity index (χ2n) is 2.10. The Bertz CT molecular complexity index is 226. The zero-order valence-electron chi connectivity index (χ0n) is 5.66. The fourth-order valence-electron chi connectivity index (χ4n) is 0.781. The Balaban J connectivity index is 2.60.